The van der Waals surface area contributed by atoms with Crippen molar-refractivity contribution < 1.29 is 24.2 Å². The van der Waals surface area contributed by atoms with Crippen LogP contribution in [0.4, 0.5) is 4.79 Å². The molecule has 1 aliphatic heterocycles. The average Bonchev–Trinajstić information content (AvgIpc) is 2.65. The Hall–Kier alpha value is -1.63. The second kappa shape index (κ2) is 6.01. The molecule has 1 rings (SSSR count). The largest absolute Gasteiger partial charge is 0.444 e. The standard InChI is InChI=1S/C12H20N2O5/c1-12(2,3)19-11(18)13-6-10(17)14-5-4-9(16)8(14)7-15/h7-9,16H,4-6H2,1-3H3,(H,13,18)/t8-,9-/m1/s1. The number of ether oxygens (including phenoxy) is 1. The molecule has 108 valence electrons. The maximum absolute atomic E-state index is 11.8. The Morgan fingerprint density at radius 1 is 1.47 bits per heavy atom. The number of hydrogen-bond acceptors (Lipinski definition) is 5. The van der Waals surface area contributed by atoms with Gasteiger partial charge in [-0.05, 0) is 27.2 Å². The maximum atomic E-state index is 11.8. The van der Waals surface area contributed by atoms with Crippen molar-refractivity contribution in [2.24, 2.45) is 0 Å². The summed E-state index contributed by atoms with van der Waals surface area (Å²) >= 11 is 0. The quantitative estimate of drug-likeness (QED) is 0.686. The van der Waals surface area contributed by atoms with Gasteiger partial charge in [-0.2, -0.15) is 0 Å². The van der Waals surface area contributed by atoms with Crippen molar-refractivity contribution in [1.82, 2.24) is 10.2 Å². The van der Waals surface area contributed by atoms with Crippen molar-refractivity contribution >= 4 is 18.3 Å². The van der Waals surface area contributed by atoms with Gasteiger partial charge in [0, 0.05) is 6.54 Å². The topological polar surface area (TPSA) is 95.9 Å². The number of amides is 2. The van der Waals surface area contributed by atoms with E-state index in [0.29, 0.717) is 19.3 Å². The molecule has 2 amide bonds. The fourth-order valence-corrected chi connectivity index (χ4v) is 1.82. The van der Waals surface area contributed by atoms with Crippen LogP contribution < -0.4 is 5.32 Å². The van der Waals surface area contributed by atoms with Gasteiger partial charge in [0.25, 0.3) is 0 Å². The first kappa shape index (κ1) is 15.4. The predicted molar refractivity (Wildman–Crippen MR) is 66.4 cm³/mol. The molecule has 0 aromatic rings. The number of nitrogens with one attached hydrogen (secondary N) is 1. The fraction of sp³-hybridized carbons (Fsp3) is 0.750. The van der Waals surface area contributed by atoms with Gasteiger partial charge in [-0.15, -0.1) is 0 Å². The van der Waals surface area contributed by atoms with Gasteiger partial charge in [-0.1, -0.05) is 0 Å². The minimum Gasteiger partial charge on any atom is -0.444 e. The molecule has 1 saturated heterocycles. The van der Waals surface area contributed by atoms with Gasteiger partial charge < -0.3 is 24.9 Å². The van der Waals surface area contributed by atoms with Gasteiger partial charge in [0.2, 0.25) is 5.91 Å². The highest BCUT2D eigenvalue weighted by molar-refractivity contribution is 5.85. The SMILES string of the molecule is CC(C)(C)OC(=O)NCC(=O)N1CC[C@@H](O)[C@H]1C=O. The summed E-state index contributed by atoms with van der Waals surface area (Å²) in [6.07, 6.45) is -0.615. The van der Waals surface area contributed by atoms with Crippen LogP contribution in [-0.2, 0) is 14.3 Å². The summed E-state index contributed by atoms with van der Waals surface area (Å²) in [6, 6.07) is -0.826. The number of carbonyl (C=O) groups excluding carboxylic acids is 3. The second-order valence-corrected chi connectivity index (χ2v) is 5.43. The molecule has 1 aliphatic rings. The Labute approximate surface area is 111 Å². The number of hydrogen-bond donors (Lipinski definition) is 2. The second-order valence-electron chi connectivity index (χ2n) is 5.43. The van der Waals surface area contributed by atoms with Gasteiger partial charge >= 0.3 is 6.09 Å². The molecule has 0 aromatic heterocycles. The van der Waals surface area contributed by atoms with E-state index in [0.717, 1.165) is 0 Å². The third-order valence-electron chi connectivity index (χ3n) is 2.66. The zero-order valence-electron chi connectivity index (χ0n) is 11.4. The highest BCUT2D eigenvalue weighted by Crippen LogP contribution is 2.16. The Morgan fingerprint density at radius 3 is 2.63 bits per heavy atom. The molecule has 1 heterocycles. The van der Waals surface area contributed by atoms with Gasteiger partial charge in [-0.25, -0.2) is 4.79 Å². The van der Waals surface area contributed by atoms with Crippen LogP contribution in [0, 0.1) is 0 Å². The summed E-state index contributed by atoms with van der Waals surface area (Å²) in [5, 5.41) is 11.8. The first-order valence-electron chi connectivity index (χ1n) is 6.14. The Bertz CT molecular complexity index is 364. The molecule has 0 unspecified atom stereocenters. The number of nitrogens with zero attached hydrogens (tertiary/aromatic N) is 1. The van der Waals surface area contributed by atoms with Crippen molar-refractivity contribution in [2.75, 3.05) is 13.1 Å². The van der Waals surface area contributed by atoms with Crippen LogP contribution in [0.2, 0.25) is 0 Å². The van der Waals surface area contributed by atoms with E-state index >= 15 is 0 Å². The zero-order valence-corrected chi connectivity index (χ0v) is 11.4. The minimum atomic E-state index is -0.831. The lowest BCUT2D eigenvalue weighted by Gasteiger charge is -2.23. The lowest BCUT2D eigenvalue weighted by atomic mass is 10.2. The maximum Gasteiger partial charge on any atom is 0.408 e. The number of aliphatic hydroxyl groups excluding tert-OH is 1. The summed E-state index contributed by atoms with van der Waals surface area (Å²) in [5.41, 5.74) is -0.637. The van der Waals surface area contributed by atoms with Gasteiger partial charge in [0.05, 0.1) is 6.10 Å². The molecule has 0 radical (unpaired) electrons. The summed E-state index contributed by atoms with van der Waals surface area (Å²) in [4.78, 5) is 35.2. The zero-order chi connectivity index (χ0) is 14.6. The van der Waals surface area contributed by atoms with Crippen molar-refractivity contribution in [2.45, 2.75) is 44.9 Å². The molecular weight excluding hydrogens is 252 g/mol. The van der Waals surface area contributed by atoms with Crippen molar-refractivity contribution in [3.8, 4) is 0 Å². The Balaban J connectivity index is 2.44. The van der Waals surface area contributed by atoms with Crippen molar-refractivity contribution in [3.63, 3.8) is 0 Å². The predicted octanol–water partition coefficient (Wildman–Crippen LogP) is -0.328. The van der Waals surface area contributed by atoms with Crippen molar-refractivity contribution in [1.29, 1.82) is 0 Å². The molecule has 2 atom stereocenters. The average molecular weight is 272 g/mol. The molecule has 1 fully saturated rings. The van der Waals surface area contributed by atoms with Gasteiger partial charge in [0.15, 0.2) is 0 Å². The minimum absolute atomic E-state index is 0.258. The number of rotatable bonds is 3. The van der Waals surface area contributed by atoms with Crippen LogP contribution in [0.5, 0.6) is 0 Å². The van der Waals surface area contributed by atoms with E-state index in [1.807, 2.05) is 0 Å². The van der Waals surface area contributed by atoms with Crippen LogP contribution in [0.3, 0.4) is 0 Å². The molecule has 19 heavy (non-hydrogen) atoms. The molecule has 0 bridgehead atoms. The van der Waals surface area contributed by atoms with Crippen LogP contribution >= 0.6 is 0 Å². The molecule has 0 aromatic carbocycles. The van der Waals surface area contributed by atoms with Crippen LogP contribution in [0.25, 0.3) is 0 Å². The molecule has 7 nitrogen and oxygen atoms in total. The van der Waals surface area contributed by atoms with E-state index in [9.17, 15) is 19.5 Å². The number of alkyl carbamates (subject to hydrolysis) is 1. The van der Waals surface area contributed by atoms with E-state index in [2.05, 4.69) is 5.32 Å². The fourth-order valence-electron chi connectivity index (χ4n) is 1.82. The first-order valence-corrected chi connectivity index (χ1v) is 6.14. The van der Waals surface area contributed by atoms with E-state index in [1.165, 1.54) is 4.90 Å². The molecular formula is C12H20N2O5. The third kappa shape index (κ3) is 4.51. The Morgan fingerprint density at radius 2 is 2.11 bits per heavy atom. The monoisotopic (exact) mass is 272 g/mol. The summed E-state index contributed by atoms with van der Waals surface area (Å²) < 4.78 is 4.99. The smallest absolute Gasteiger partial charge is 0.408 e. The Kier molecular flexibility index (Phi) is 4.88. The summed E-state index contributed by atoms with van der Waals surface area (Å²) in [6.45, 7) is 5.19. The van der Waals surface area contributed by atoms with Gasteiger partial charge in [0.1, 0.15) is 24.5 Å². The third-order valence-corrected chi connectivity index (χ3v) is 2.66. The summed E-state index contributed by atoms with van der Waals surface area (Å²) in [5.74, 6) is -0.417. The molecule has 0 spiro atoms. The number of carbonyl (C=O) groups is 3. The van der Waals surface area contributed by atoms with Crippen molar-refractivity contribution in [3.05, 3.63) is 0 Å². The van der Waals surface area contributed by atoms with Crippen LogP contribution in [0.15, 0.2) is 0 Å². The lowest BCUT2D eigenvalue weighted by molar-refractivity contribution is -0.135. The van der Waals surface area contributed by atoms with E-state index in [-0.39, 0.29) is 6.54 Å². The van der Waals surface area contributed by atoms with Crippen LogP contribution in [0.1, 0.15) is 27.2 Å². The van der Waals surface area contributed by atoms with Crippen LogP contribution in [-0.4, -0.2) is 59.1 Å². The summed E-state index contributed by atoms with van der Waals surface area (Å²) in [7, 11) is 0. The lowest BCUT2D eigenvalue weighted by Crippen LogP contribution is -2.46. The molecule has 7 heteroatoms. The normalized spacial score (nSPS) is 23.1. The first-order chi connectivity index (χ1) is 8.74. The molecule has 0 saturated carbocycles. The molecule has 0 aliphatic carbocycles. The number of likely N-dealkylation sites (tertiary alicyclic amines) is 1. The van der Waals surface area contributed by atoms with E-state index in [4.69, 9.17) is 4.74 Å². The number of aliphatic hydroxyl groups is 1. The number of aldehydes is 1. The highest BCUT2D eigenvalue weighted by atomic mass is 16.6. The van der Waals surface area contributed by atoms with E-state index < -0.39 is 29.7 Å². The van der Waals surface area contributed by atoms with Gasteiger partial charge in [-0.3, -0.25) is 4.79 Å². The highest BCUT2D eigenvalue weighted by Gasteiger charge is 2.35. The molecule has 2 N–H and O–H groups in total. The van der Waals surface area contributed by atoms with E-state index in [1.54, 1.807) is 20.8 Å².